The first kappa shape index (κ1) is 25.2. The second kappa shape index (κ2) is 12.7. The number of methoxy groups -OCH3 is 2. The number of sulfonamides is 1. The Morgan fingerprint density at radius 3 is 2.45 bits per heavy atom. The number of quaternary nitrogens is 1. The fraction of sp³-hybridized carbons (Fsp3) is 0.650. The Morgan fingerprint density at radius 1 is 1.17 bits per heavy atom. The highest BCUT2D eigenvalue weighted by Gasteiger charge is 2.17. The average molecular weight is 431 g/mol. The second-order valence-corrected chi connectivity index (χ2v) is 8.88. The molecule has 9 heteroatoms. The normalized spacial score (nSPS) is 12.6. The molecule has 0 heterocycles. The van der Waals surface area contributed by atoms with Gasteiger partial charge in [-0.1, -0.05) is 0 Å². The number of benzene rings is 1. The van der Waals surface area contributed by atoms with Crippen LogP contribution in [0.3, 0.4) is 0 Å². The van der Waals surface area contributed by atoms with Crippen LogP contribution in [0.1, 0.15) is 44.0 Å². The second-order valence-electron chi connectivity index (χ2n) is 7.01. The highest BCUT2D eigenvalue weighted by Crippen LogP contribution is 2.24. The van der Waals surface area contributed by atoms with Gasteiger partial charge in [0.2, 0.25) is 10.0 Å². The van der Waals surface area contributed by atoms with Gasteiger partial charge in [-0.05, 0) is 45.7 Å². The van der Waals surface area contributed by atoms with E-state index in [0.717, 1.165) is 32.5 Å². The van der Waals surface area contributed by atoms with Crippen LogP contribution in [0, 0.1) is 0 Å². The molecule has 1 atom stereocenters. The van der Waals surface area contributed by atoms with Crippen LogP contribution in [0.4, 0.5) is 0 Å². The molecule has 0 aliphatic heterocycles. The van der Waals surface area contributed by atoms with Gasteiger partial charge in [0, 0.05) is 18.7 Å². The van der Waals surface area contributed by atoms with Gasteiger partial charge in [0.1, 0.15) is 11.5 Å². The van der Waals surface area contributed by atoms with Crippen molar-refractivity contribution in [2.45, 2.75) is 39.7 Å². The SMILES string of the molecule is CC[NH+](CC)CCC[C@H](C)NS(=O)(=O)CCNC(=O)c1ccc(OC)cc1OC. The molecule has 1 aromatic rings. The van der Waals surface area contributed by atoms with Crippen molar-refractivity contribution >= 4 is 15.9 Å². The third-order valence-corrected chi connectivity index (χ3v) is 6.36. The molecule has 0 spiro atoms. The lowest BCUT2D eigenvalue weighted by Crippen LogP contribution is -3.11. The summed E-state index contributed by atoms with van der Waals surface area (Å²) in [5, 5.41) is 2.63. The third kappa shape index (κ3) is 9.01. The molecule has 8 nitrogen and oxygen atoms in total. The van der Waals surface area contributed by atoms with Crippen molar-refractivity contribution in [2.75, 3.05) is 46.2 Å². The van der Waals surface area contributed by atoms with Crippen molar-refractivity contribution in [1.82, 2.24) is 10.0 Å². The van der Waals surface area contributed by atoms with Crippen molar-refractivity contribution in [3.05, 3.63) is 23.8 Å². The van der Waals surface area contributed by atoms with E-state index in [2.05, 4.69) is 23.9 Å². The van der Waals surface area contributed by atoms with Crippen molar-refractivity contribution in [1.29, 1.82) is 0 Å². The number of carbonyl (C=O) groups is 1. The van der Waals surface area contributed by atoms with E-state index in [1.54, 1.807) is 18.2 Å². The van der Waals surface area contributed by atoms with Crippen LogP contribution < -0.4 is 24.4 Å². The van der Waals surface area contributed by atoms with E-state index in [1.165, 1.54) is 19.1 Å². The molecule has 0 saturated heterocycles. The molecule has 0 fully saturated rings. The van der Waals surface area contributed by atoms with Gasteiger partial charge in [-0.3, -0.25) is 4.79 Å². The number of hydrogen-bond acceptors (Lipinski definition) is 5. The Morgan fingerprint density at radius 2 is 1.86 bits per heavy atom. The molecule has 0 unspecified atom stereocenters. The summed E-state index contributed by atoms with van der Waals surface area (Å²) in [5.41, 5.74) is 0.325. The quantitative estimate of drug-likeness (QED) is 0.398. The predicted molar refractivity (Wildman–Crippen MR) is 114 cm³/mol. The van der Waals surface area contributed by atoms with Crippen LogP contribution in [0.25, 0.3) is 0 Å². The van der Waals surface area contributed by atoms with Crippen LogP contribution in [-0.4, -0.2) is 66.5 Å². The zero-order valence-electron chi connectivity index (χ0n) is 18.2. The van der Waals surface area contributed by atoms with E-state index in [0.29, 0.717) is 17.1 Å². The van der Waals surface area contributed by atoms with Gasteiger partial charge in [0.15, 0.2) is 0 Å². The molecule has 0 aliphatic carbocycles. The smallest absolute Gasteiger partial charge is 0.255 e. The monoisotopic (exact) mass is 430 g/mol. The van der Waals surface area contributed by atoms with Gasteiger partial charge >= 0.3 is 0 Å². The lowest BCUT2D eigenvalue weighted by molar-refractivity contribution is -0.896. The fourth-order valence-electron chi connectivity index (χ4n) is 3.07. The molecular weight excluding hydrogens is 394 g/mol. The number of amides is 1. The Bertz CT molecular complexity index is 736. The van der Waals surface area contributed by atoms with Crippen LogP contribution in [-0.2, 0) is 10.0 Å². The summed E-state index contributed by atoms with van der Waals surface area (Å²) in [6.45, 7) is 9.39. The summed E-state index contributed by atoms with van der Waals surface area (Å²) in [7, 11) is -0.482. The largest absolute Gasteiger partial charge is 0.497 e. The number of ether oxygens (including phenoxy) is 2. The van der Waals surface area contributed by atoms with E-state index in [9.17, 15) is 13.2 Å². The molecule has 1 aromatic carbocycles. The third-order valence-electron chi connectivity index (χ3n) is 4.86. The van der Waals surface area contributed by atoms with Crippen LogP contribution in [0.5, 0.6) is 11.5 Å². The van der Waals surface area contributed by atoms with Crippen molar-refractivity contribution in [3.63, 3.8) is 0 Å². The lowest BCUT2D eigenvalue weighted by Gasteiger charge is -2.18. The summed E-state index contributed by atoms with van der Waals surface area (Å²) >= 11 is 0. The van der Waals surface area contributed by atoms with E-state index in [-0.39, 0.29) is 18.3 Å². The minimum absolute atomic E-state index is 0.0136. The maximum absolute atomic E-state index is 12.3. The van der Waals surface area contributed by atoms with Gasteiger partial charge in [0.05, 0.1) is 45.2 Å². The number of hydrogen-bond donors (Lipinski definition) is 3. The minimum atomic E-state index is -3.47. The molecule has 0 bridgehead atoms. The summed E-state index contributed by atoms with van der Waals surface area (Å²) in [6, 6.07) is 4.71. The van der Waals surface area contributed by atoms with Crippen LogP contribution in [0.15, 0.2) is 18.2 Å². The molecule has 29 heavy (non-hydrogen) atoms. The van der Waals surface area contributed by atoms with Gasteiger partial charge in [0.25, 0.3) is 5.91 Å². The van der Waals surface area contributed by atoms with Gasteiger partial charge in [-0.25, -0.2) is 13.1 Å². The summed E-state index contributed by atoms with van der Waals surface area (Å²) in [5.74, 6) is 0.367. The Kier molecular flexibility index (Phi) is 11.0. The highest BCUT2D eigenvalue weighted by atomic mass is 32.2. The van der Waals surface area contributed by atoms with E-state index >= 15 is 0 Å². The first-order chi connectivity index (χ1) is 13.8. The Labute approximate surface area is 175 Å². The zero-order valence-corrected chi connectivity index (χ0v) is 19.0. The topological polar surface area (TPSA) is 98.2 Å². The maximum Gasteiger partial charge on any atom is 0.255 e. The maximum atomic E-state index is 12.3. The minimum Gasteiger partial charge on any atom is -0.497 e. The highest BCUT2D eigenvalue weighted by molar-refractivity contribution is 7.89. The van der Waals surface area contributed by atoms with Crippen LogP contribution in [0.2, 0.25) is 0 Å². The average Bonchev–Trinajstić information content (AvgIpc) is 2.69. The molecule has 1 rings (SSSR count). The molecule has 3 N–H and O–H groups in total. The van der Waals surface area contributed by atoms with Crippen molar-refractivity contribution in [3.8, 4) is 11.5 Å². The summed E-state index contributed by atoms with van der Waals surface area (Å²) in [6.07, 6.45) is 1.76. The number of carbonyl (C=O) groups excluding carboxylic acids is 1. The molecule has 166 valence electrons. The van der Waals surface area contributed by atoms with E-state index < -0.39 is 15.9 Å². The summed E-state index contributed by atoms with van der Waals surface area (Å²) < 4.78 is 37.5. The lowest BCUT2D eigenvalue weighted by atomic mass is 10.2. The molecule has 0 radical (unpaired) electrons. The standard InChI is InChI=1S/C20H35N3O5S/c1-6-23(7-2)13-8-9-16(3)22-29(25,26)14-12-21-20(24)18-11-10-17(27-4)15-19(18)28-5/h10-11,15-16,22H,6-9,12-14H2,1-5H3,(H,21,24)/p+1/t16-/m0/s1. The van der Waals surface area contributed by atoms with E-state index in [1.807, 2.05) is 6.92 Å². The van der Waals surface area contributed by atoms with Gasteiger partial charge in [-0.2, -0.15) is 0 Å². The fourth-order valence-corrected chi connectivity index (χ4v) is 4.29. The summed E-state index contributed by atoms with van der Waals surface area (Å²) in [4.78, 5) is 13.9. The zero-order chi connectivity index (χ0) is 21.9. The van der Waals surface area contributed by atoms with Gasteiger partial charge < -0.3 is 19.7 Å². The van der Waals surface area contributed by atoms with Crippen molar-refractivity contribution < 1.29 is 27.6 Å². The molecule has 0 saturated carbocycles. The molecular formula is C20H36N3O5S+. The first-order valence-electron chi connectivity index (χ1n) is 10.1. The molecule has 0 aliphatic rings. The first-order valence-corrected chi connectivity index (χ1v) is 11.7. The number of rotatable bonds is 14. The van der Waals surface area contributed by atoms with E-state index in [4.69, 9.17) is 9.47 Å². The van der Waals surface area contributed by atoms with Crippen LogP contribution >= 0.6 is 0 Å². The Balaban J connectivity index is 2.46. The van der Waals surface area contributed by atoms with Crippen molar-refractivity contribution in [2.24, 2.45) is 0 Å². The van der Waals surface area contributed by atoms with Gasteiger partial charge in [-0.15, -0.1) is 0 Å². The molecule has 0 aromatic heterocycles. The molecule has 1 amide bonds. The Hall–Kier alpha value is -1.84. The number of nitrogens with one attached hydrogen (secondary N) is 3. The predicted octanol–water partition coefficient (Wildman–Crippen LogP) is 0.446.